The van der Waals surface area contributed by atoms with Gasteiger partial charge in [0, 0.05) is 0 Å². The number of hydrogen-bond acceptors (Lipinski definition) is 14. The molecule has 37 heavy (non-hydrogen) atoms. The number of rotatable bonds is 10. The van der Waals surface area contributed by atoms with Crippen molar-refractivity contribution in [3.05, 3.63) is 17.7 Å². The van der Waals surface area contributed by atoms with Crippen LogP contribution >= 0.6 is 0 Å². The summed E-state index contributed by atoms with van der Waals surface area (Å²) >= 11 is 0. The Labute approximate surface area is 213 Å². The van der Waals surface area contributed by atoms with Crippen LogP contribution in [0, 0.1) is 0 Å². The fraction of sp³-hybridized carbons (Fsp3) is 0.739. The Kier molecular flexibility index (Phi) is 10.3. The predicted octanol–water partition coefficient (Wildman–Crippen LogP) is -3.37. The van der Waals surface area contributed by atoms with Crippen molar-refractivity contribution in [2.24, 2.45) is 0 Å². The van der Waals surface area contributed by atoms with Gasteiger partial charge in [-0.05, 0) is 31.0 Å². The molecule has 1 aromatic carbocycles. The third-order valence-electron chi connectivity index (χ3n) is 6.34. The molecular formula is C23H36O14. The number of aliphatic hydroxyl groups excluding tert-OH is 8. The smallest absolute Gasteiger partial charge is 0.229 e. The lowest BCUT2D eigenvalue weighted by molar-refractivity contribution is -0.309. The molecule has 0 amide bonds. The van der Waals surface area contributed by atoms with Crippen molar-refractivity contribution < 1.29 is 69.3 Å². The fourth-order valence-corrected chi connectivity index (χ4v) is 4.24. The minimum absolute atomic E-state index is 0.0283. The molecule has 1 aromatic rings. The van der Waals surface area contributed by atoms with Gasteiger partial charge in [-0.2, -0.15) is 0 Å². The lowest BCUT2D eigenvalue weighted by Crippen LogP contribution is -2.60. The highest BCUT2D eigenvalue weighted by atomic mass is 16.7. The maximum atomic E-state index is 10.3. The van der Waals surface area contributed by atoms with E-state index in [1.54, 1.807) is 19.1 Å². The minimum Gasteiger partial charge on any atom is -0.493 e. The van der Waals surface area contributed by atoms with Crippen molar-refractivity contribution in [1.29, 1.82) is 0 Å². The highest BCUT2D eigenvalue weighted by Crippen LogP contribution is 2.41. The van der Waals surface area contributed by atoms with Crippen LogP contribution in [0.5, 0.6) is 17.2 Å². The van der Waals surface area contributed by atoms with E-state index < -0.39 is 80.7 Å². The Balaban J connectivity index is 1.75. The third-order valence-corrected chi connectivity index (χ3v) is 6.34. The average molecular weight is 537 g/mol. The Morgan fingerprint density at radius 3 is 1.65 bits per heavy atom. The van der Waals surface area contributed by atoms with Crippen LogP contribution in [-0.2, 0) is 20.6 Å². The van der Waals surface area contributed by atoms with E-state index in [1.807, 2.05) is 0 Å². The molecule has 2 fully saturated rings. The predicted molar refractivity (Wildman–Crippen MR) is 122 cm³/mol. The molecule has 2 aliphatic heterocycles. The Morgan fingerprint density at radius 1 is 0.730 bits per heavy atom. The molecule has 0 bridgehead atoms. The maximum Gasteiger partial charge on any atom is 0.229 e. The Morgan fingerprint density at radius 2 is 1.19 bits per heavy atom. The molecule has 212 valence electrons. The molecule has 3 rings (SSSR count). The largest absolute Gasteiger partial charge is 0.493 e. The van der Waals surface area contributed by atoms with Gasteiger partial charge in [0.15, 0.2) is 17.8 Å². The number of benzene rings is 1. The Hall–Kier alpha value is -1.82. The van der Waals surface area contributed by atoms with Crippen molar-refractivity contribution in [3.63, 3.8) is 0 Å². The van der Waals surface area contributed by atoms with Gasteiger partial charge in [0.25, 0.3) is 0 Å². The highest BCUT2D eigenvalue weighted by Gasteiger charge is 2.46. The summed E-state index contributed by atoms with van der Waals surface area (Å²) in [5.41, 5.74) is 0.631. The van der Waals surface area contributed by atoms with Crippen molar-refractivity contribution in [2.75, 3.05) is 27.4 Å². The van der Waals surface area contributed by atoms with E-state index >= 15 is 0 Å². The van der Waals surface area contributed by atoms with Gasteiger partial charge >= 0.3 is 0 Å². The monoisotopic (exact) mass is 536 g/mol. The van der Waals surface area contributed by atoms with Gasteiger partial charge in [-0.1, -0.05) is 0 Å². The topological polar surface area (TPSA) is 217 Å². The first kappa shape index (κ1) is 29.7. The zero-order valence-electron chi connectivity index (χ0n) is 20.7. The highest BCUT2D eigenvalue weighted by molar-refractivity contribution is 5.54. The number of hydrogen-bond donors (Lipinski definition) is 8. The normalized spacial score (nSPS) is 37.2. The van der Waals surface area contributed by atoms with Gasteiger partial charge in [0.05, 0.1) is 33.5 Å². The van der Waals surface area contributed by atoms with Crippen LogP contribution in [0.4, 0.5) is 0 Å². The van der Waals surface area contributed by atoms with Gasteiger partial charge in [0.2, 0.25) is 12.0 Å². The minimum atomic E-state index is -1.64. The number of ether oxygens (including phenoxy) is 6. The standard InChI is InChI=1S/C23H36O14/c1-9(34-22-19(30)17(28)15(26)13(7-24)35-22)4-10-5-11(32-2)21(12(6-10)33-3)37-23-20(31)18(29)16(27)14(8-25)36-23/h5-6,9,13-20,22-31H,4,7-8H2,1-3H3/t9?,13-,14-,15-,16-,17+,18+,19-,20-,22-,23+/m1/s1. The molecule has 2 heterocycles. The lowest BCUT2D eigenvalue weighted by Gasteiger charge is -2.40. The summed E-state index contributed by atoms with van der Waals surface area (Å²) in [6.45, 7) is 0.479. The molecular weight excluding hydrogens is 500 g/mol. The van der Waals surface area contributed by atoms with Crippen LogP contribution < -0.4 is 14.2 Å². The van der Waals surface area contributed by atoms with Crippen LogP contribution in [0.2, 0.25) is 0 Å². The van der Waals surface area contributed by atoms with E-state index in [4.69, 9.17) is 28.4 Å². The van der Waals surface area contributed by atoms with Gasteiger partial charge in [-0.25, -0.2) is 0 Å². The molecule has 0 spiro atoms. The van der Waals surface area contributed by atoms with Gasteiger partial charge in [0.1, 0.15) is 48.8 Å². The third kappa shape index (κ3) is 6.43. The Bertz CT molecular complexity index is 841. The molecule has 0 aromatic heterocycles. The summed E-state index contributed by atoms with van der Waals surface area (Å²) < 4.78 is 33.1. The van der Waals surface area contributed by atoms with Crippen LogP contribution in [0.1, 0.15) is 12.5 Å². The lowest BCUT2D eigenvalue weighted by atomic mass is 9.99. The van der Waals surface area contributed by atoms with Crippen molar-refractivity contribution in [1.82, 2.24) is 0 Å². The summed E-state index contributed by atoms with van der Waals surface area (Å²) in [4.78, 5) is 0. The molecule has 0 aliphatic carbocycles. The maximum absolute atomic E-state index is 10.3. The summed E-state index contributed by atoms with van der Waals surface area (Å²) in [5.74, 6) is 0.373. The molecule has 1 unspecified atom stereocenters. The number of aliphatic hydroxyl groups is 8. The van der Waals surface area contributed by atoms with E-state index in [1.165, 1.54) is 14.2 Å². The van der Waals surface area contributed by atoms with Gasteiger partial charge in [-0.3, -0.25) is 0 Å². The van der Waals surface area contributed by atoms with Crippen LogP contribution in [0.15, 0.2) is 12.1 Å². The quantitative estimate of drug-likeness (QED) is 0.146. The SMILES string of the molecule is COc1cc(CC(C)O[C@@H]2O[C@H](CO)[C@@H](O)[C@H](O)[C@H]2O)cc(OC)c1O[C@@H]1O[C@H](CO)[C@@H](O)[C@H](O)[C@H]1O. The van der Waals surface area contributed by atoms with Crippen molar-refractivity contribution in [3.8, 4) is 17.2 Å². The summed E-state index contributed by atoms with van der Waals surface area (Å²) in [6, 6.07) is 3.18. The van der Waals surface area contributed by atoms with Gasteiger partial charge < -0.3 is 69.3 Å². The second-order valence-corrected chi connectivity index (χ2v) is 8.99. The number of methoxy groups -OCH3 is 2. The van der Waals surface area contributed by atoms with Crippen molar-refractivity contribution in [2.45, 2.75) is 80.9 Å². The summed E-state index contributed by atoms with van der Waals surface area (Å²) in [6.07, 6.45) is -14.8. The van der Waals surface area contributed by atoms with Crippen molar-refractivity contribution >= 4 is 0 Å². The van der Waals surface area contributed by atoms with Crippen LogP contribution in [0.3, 0.4) is 0 Å². The fourth-order valence-electron chi connectivity index (χ4n) is 4.24. The molecule has 8 N–H and O–H groups in total. The molecule has 2 saturated heterocycles. The second kappa shape index (κ2) is 12.8. The first-order valence-corrected chi connectivity index (χ1v) is 11.7. The molecule has 14 heteroatoms. The summed E-state index contributed by atoms with van der Waals surface area (Å²) in [7, 11) is 2.74. The van der Waals surface area contributed by atoms with E-state index in [9.17, 15) is 40.9 Å². The molecule has 11 atom stereocenters. The second-order valence-electron chi connectivity index (χ2n) is 8.99. The van der Waals surface area contributed by atoms with Crippen LogP contribution in [0.25, 0.3) is 0 Å². The molecule has 14 nitrogen and oxygen atoms in total. The van der Waals surface area contributed by atoms with E-state index in [0.29, 0.717) is 5.56 Å². The van der Waals surface area contributed by atoms with E-state index in [-0.39, 0.29) is 23.7 Å². The summed E-state index contributed by atoms with van der Waals surface area (Å²) in [5, 5.41) is 79.2. The molecule has 0 radical (unpaired) electrons. The molecule has 2 aliphatic rings. The zero-order valence-corrected chi connectivity index (χ0v) is 20.7. The van der Waals surface area contributed by atoms with E-state index in [0.717, 1.165) is 0 Å². The first-order chi connectivity index (χ1) is 17.6. The first-order valence-electron chi connectivity index (χ1n) is 11.7. The van der Waals surface area contributed by atoms with Crippen LogP contribution in [-0.4, -0.2) is 136 Å². The zero-order chi connectivity index (χ0) is 27.4. The van der Waals surface area contributed by atoms with Gasteiger partial charge in [-0.15, -0.1) is 0 Å². The van der Waals surface area contributed by atoms with E-state index in [2.05, 4.69) is 0 Å². The average Bonchev–Trinajstić information content (AvgIpc) is 2.89. The molecule has 0 saturated carbocycles.